The molecule has 0 saturated carbocycles. The van der Waals surface area contributed by atoms with E-state index in [1.54, 1.807) is 6.08 Å². The molecule has 2 atom stereocenters. The highest BCUT2D eigenvalue weighted by Gasteiger charge is 2.18. The van der Waals surface area contributed by atoms with Gasteiger partial charge < -0.3 is 15.5 Å². The van der Waals surface area contributed by atoms with Crippen molar-refractivity contribution >= 4 is 5.91 Å². The molecule has 0 fully saturated rings. The van der Waals surface area contributed by atoms with Crippen LogP contribution in [0, 0.1) is 0 Å². The van der Waals surface area contributed by atoms with E-state index in [9.17, 15) is 15.0 Å². The van der Waals surface area contributed by atoms with Crippen molar-refractivity contribution in [3.8, 4) is 0 Å². The van der Waals surface area contributed by atoms with Crippen molar-refractivity contribution in [1.29, 1.82) is 0 Å². The smallest absolute Gasteiger partial charge is 0.220 e. The second-order valence-corrected chi connectivity index (χ2v) is 19.7. The summed E-state index contributed by atoms with van der Waals surface area (Å²) in [4.78, 5) is 12.5. The zero-order chi connectivity index (χ0) is 49.9. The third-order valence-electron chi connectivity index (χ3n) is 13.0. The topological polar surface area (TPSA) is 69.6 Å². The van der Waals surface area contributed by atoms with Crippen LogP contribution >= 0.6 is 0 Å². The van der Waals surface area contributed by atoms with Crippen molar-refractivity contribution in [1.82, 2.24) is 5.32 Å². The summed E-state index contributed by atoms with van der Waals surface area (Å²) in [6.07, 6.45) is 89.7. The van der Waals surface area contributed by atoms with Crippen molar-refractivity contribution < 1.29 is 15.0 Å². The van der Waals surface area contributed by atoms with Gasteiger partial charge >= 0.3 is 0 Å². The van der Waals surface area contributed by atoms with Crippen LogP contribution in [0.5, 0.6) is 0 Å². The first-order valence-corrected chi connectivity index (χ1v) is 29.6. The highest BCUT2D eigenvalue weighted by atomic mass is 16.3. The Hall–Kier alpha value is -2.95. The van der Waals surface area contributed by atoms with Crippen molar-refractivity contribution in [2.24, 2.45) is 0 Å². The number of carbonyl (C=O) groups is 1. The zero-order valence-corrected chi connectivity index (χ0v) is 45.5. The summed E-state index contributed by atoms with van der Waals surface area (Å²) in [6, 6.07) is -0.651. The fourth-order valence-electron chi connectivity index (χ4n) is 8.53. The number of aliphatic hydroxyl groups is 2. The van der Waals surface area contributed by atoms with E-state index in [1.165, 1.54) is 173 Å². The van der Waals surface area contributed by atoms with E-state index in [2.05, 4.69) is 116 Å². The molecule has 0 heterocycles. The highest BCUT2D eigenvalue weighted by Crippen LogP contribution is 2.16. The molecule has 0 aromatic heterocycles. The lowest BCUT2D eigenvalue weighted by Crippen LogP contribution is -2.45. The van der Waals surface area contributed by atoms with E-state index < -0.39 is 12.1 Å². The summed E-state index contributed by atoms with van der Waals surface area (Å²) in [6.45, 7) is 4.19. The lowest BCUT2D eigenvalue weighted by Gasteiger charge is -2.19. The minimum absolute atomic E-state index is 0.0825. The van der Waals surface area contributed by atoms with E-state index >= 15 is 0 Å². The predicted octanol–water partition coefficient (Wildman–Crippen LogP) is 19.9. The van der Waals surface area contributed by atoms with Crippen LogP contribution in [0.4, 0.5) is 0 Å². The largest absolute Gasteiger partial charge is 0.394 e. The van der Waals surface area contributed by atoms with E-state index in [1.807, 2.05) is 6.08 Å². The molecule has 4 heteroatoms. The van der Waals surface area contributed by atoms with Crippen molar-refractivity contribution in [3.05, 3.63) is 109 Å². The van der Waals surface area contributed by atoms with Crippen LogP contribution in [0.1, 0.15) is 277 Å². The first-order valence-electron chi connectivity index (χ1n) is 29.6. The summed E-state index contributed by atoms with van der Waals surface area (Å²) < 4.78 is 0. The molecule has 4 nitrogen and oxygen atoms in total. The molecule has 0 saturated heterocycles. The van der Waals surface area contributed by atoms with Crippen LogP contribution in [0.3, 0.4) is 0 Å². The minimum Gasteiger partial charge on any atom is -0.394 e. The molecular weight excluding hydrogens is 843 g/mol. The van der Waals surface area contributed by atoms with Crippen molar-refractivity contribution in [2.75, 3.05) is 6.61 Å². The van der Waals surface area contributed by atoms with Gasteiger partial charge in [-0.1, -0.05) is 290 Å². The maximum absolute atomic E-state index is 12.5. The van der Waals surface area contributed by atoms with Gasteiger partial charge in [-0.05, 0) is 89.9 Å². The normalized spacial score (nSPS) is 13.6. The molecule has 0 aliphatic rings. The first kappa shape index (κ1) is 66.0. The van der Waals surface area contributed by atoms with E-state index in [0.717, 1.165) is 83.5 Å². The Kier molecular flexibility index (Phi) is 56.8. The van der Waals surface area contributed by atoms with E-state index in [-0.39, 0.29) is 12.5 Å². The monoisotopic (exact) mass is 956 g/mol. The number of nitrogens with one attached hydrogen (secondary N) is 1. The number of unbranched alkanes of at least 4 members (excludes halogenated alkanes) is 30. The van der Waals surface area contributed by atoms with Crippen molar-refractivity contribution in [3.63, 3.8) is 0 Å². The average Bonchev–Trinajstić information content (AvgIpc) is 3.35. The Morgan fingerprint density at radius 1 is 0.362 bits per heavy atom. The van der Waals surface area contributed by atoms with Gasteiger partial charge in [0.15, 0.2) is 0 Å². The van der Waals surface area contributed by atoms with E-state index in [4.69, 9.17) is 0 Å². The first-order chi connectivity index (χ1) is 34.2. The predicted molar refractivity (Wildman–Crippen MR) is 308 cm³/mol. The lowest BCUT2D eigenvalue weighted by molar-refractivity contribution is -0.123. The standard InChI is InChI=1S/C65H113NO3/c1-3-5-7-9-11-13-15-17-19-21-23-25-27-29-31-32-33-34-35-37-39-41-43-45-47-49-51-53-55-57-59-61-65(69)66-63(62-67)64(68)60-58-56-54-52-50-48-46-44-42-40-38-36-30-28-26-24-22-20-18-16-14-12-10-8-6-4-2/h5,7,11,13,17,19,23,25,29,31,33-34,37,39,50,52,58,60,63-64,67-68H,3-4,6,8-10,12,14-16,18,20-22,24,26-28,30,32,35-36,38,40-49,51,53-57,59,61-62H2,1-2H3,(H,66,69)/b7-5-,13-11-,19-17-,25-23-,31-29-,34-33-,39-37-,52-50+,60-58+. The molecule has 69 heavy (non-hydrogen) atoms. The lowest BCUT2D eigenvalue weighted by atomic mass is 10.0. The Morgan fingerprint density at radius 2 is 0.652 bits per heavy atom. The molecule has 0 aliphatic heterocycles. The second kappa shape index (κ2) is 59.4. The number of hydrogen-bond acceptors (Lipinski definition) is 3. The maximum Gasteiger partial charge on any atom is 0.220 e. The molecule has 0 radical (unpaired) electrons. The van der Waals surface area contributed by atoms with Crippen molar-refractivity contribution in [2.45, 2.75) is 289 Å². The highest BCUT2D eigenvalue weighted by molar-refractivity contribution is 5.76. The van der Waals surface area contributed by atoms with Crippen LogP contribution in [-0.4, -0.2) is 34.9 Å². The van der Waals surface area contributed by atoms with Gasteiger partial charge in [0.2, 0.25) is 5.91 Å². The molecule has 0 rings (SSSR count). The Bertz CT molecular complexity index is 1310. The Morgan fingerprint density at radius 3 is 1.01 bits per heavy atom. The number of carbonyl (C=O) groups excluding carboxylic acids is 1. The fraction of sp³-hybridized carbons (Fsp3) is 0.708. The maximum atomic E-state index is 12.5. The molecule has 0 spiro atoms. The Balaban J connectivity index is 3.60. The summed E-state index contributed by atoms with van der Waals surface area (Å²) in [5.41, 5.74) is 0. The number of allylic oxidation sites excluding steroid dienone is 17. The summed E-state index contributed by atoms with van der Waals surface area (Å²) in [5.74, 6) is -0.0825. The zero-order valence-electron chi connectivity index (χ0n) is 45.5. The summed E-state index contributed by atoms with van der Waals surface area (Å²) in [7, 11) is 0. The van der Waals surface area contributed by atoms with E-state index in [0.29, 0.717) is 6.42 Å². The summed E-state index contributed by atoms with van der Waals surface area (Å²) >= 11 is 0. The molecule has 0 aliphatic carbocycles. The molecule has 0 bridgehead atoms. The van der Waals surface area contributed by atoms with Gasteiger partial charge in [-0.3, -0.25) is 4.79 Å². The Labute approximate surface area is 429 Å². The molecule has 396 valence electrons. The molecule has 1 amide bonds. The van der Waals surface area contributed by atoms with Gasteiger partial charge in [-0.2, -0.15) is 0 Å². The van der Waals surface area contributed by atoms with Gasteiger partial charge in [0, 0.05) is 6.42 Å². The third kappa shape index (κ3) is 55.8. The van der Waals surface area contributed by atoms with Crippen LogP contribution in [-0.2, 0) is 4.79 Å². The SMILES string of the molecule is CC/C=C\C/C=C\C/C=C\C/C=C\C/C=C\C/C=C\C/C=C\CCCCCCCCCCCC(=O)NC(CO)C(O)/C=C/CC/C=C/CCCCCCCCCCCCCCCCCCCCCC. The van der Waals surface area contributed by atoms with Gasteiger partial charge in [-0.25, -0.2) is 0 Å². The van der Waals surface area contributed by atoms with Crippen LogP contribution < -0.4 is 5.32 Å². The molecule has 2 unspecified atom stereocenters. The number of amides is 1. The summed E-state index contributed by atoms with van der Waals surface area (Å²) in [5, 5.41) is 23.2. The number of rotatable bonds is 53. The van der Waals surface area contributed by atoms with Crippen LogP contribution in [0.15, 0.2) is 109 Å². The number of aliphatic hydroxyl groups excluding tert-OH is 2. The minimum atomic E-state index is -0.873. The molecular formula is C65H113NO3. The van der Waals surface area contributed by atoms with Crippen LogP contribution in [0.2, 0.25) is 0 Å². The average molecular weight is 957 g/mol. The van der Waals surface area contributed by atoms with Gasteiger partial charge in [0.25, 0.3) is 0 Å². The van der Waals surface area contributed by atoms with Gasteiger partial charge in [0.05, 0.1) is 18.8 Å². The second-order valence-electron chi connectivity index (χ2n) is 19.7. The van der Waals surface area contributed by atoms with Crippen LogP contribution in [0.25, 0.3) is 0 Å². The third-order valence-corrected chi connectivity index (χ3v) is 13.0. The quantitative estimate of drug-likeness (QED) is 0.0420. The molecule has 0 aromatic rings. The van der Waals surface area contributed by atoms with Gasteiger partial charge in [0.1, 0.15) is 0 Å². The molecule has 0 aromatic carbocycles. The fourth-order valence-corrected chi connectivity index (χ4v) is 8.53. The van der Waals surface area contributed by atoms with Gasteiger partial charge in [-0.15, -0.1) is 0 Å². The molecule has 3 N–H and O–H groups in total. The number of hydrogen-bond donors (Lipinski definition) is 3.